The van der Waals surface area contributed by atoms with E-state index < -0.39 is 68.6 Å². The van der Waals surface area contributed by atoms with Crippen molar-refractivity contribution in [2.45, 2.75) is 389 Å². The van der Waals surface area contributed by atoms with Crippen LogP contribution in [0.1, 0.15) is 354 Å². The molecule has 8 unspecified atom stereocenters. The van der Waals surface area contributed by atoms with E-state index in [1.165, 1.54) is 0 Å². The van der Waals surface area contributed by atoms with E-state index in [-0.39, 0.29) is 48.1 Å². The van der Waals surface area contributed by atoms with Gasteiger partial charge in [0, 0.05) is 101 Å². The second-order valence-corrected chi connectivity index (χ2v) is 48.6. The molecule has 30 heteroatoms. The molecule has 8 aliphatic carbocycles. The van der Waals surface area contributed by atoms with Gasteiger partial charge in [0.2, 0.25) is 0 Å². The zero-order valence-electron chi connectivity index (χ0n) is 85.3. The maximum absolute atomic E-state index is 15.4. The lowest BCUT2D eigenvalue weighted by Gasteiger charge is -2.39. The Labute approximate surface area is 883 Å². The largest absolute Gasteiger partial charge is 0.390 e. The molecule has 26 rings (SSSR count). The Morgan fingerprint density at radius 1 is 0.318 bits per heavy atom. The molecule has 0 saturated heterocycles. The van der Waals surface area contributed by atoms with Gasteiger partial charge in [-0.3, -0.25) is 9.97 Å². The molecular weight excluding hydrogens is 1970 g/mol. The average molecular weight is 2110 g/mol. The number of aromatic nitrogens is 14. The van der Waals surface area contributed by atoms with Crippen LogP contribution in [0.25, 0.3) is 67.5 Å². The van der Waals surface area contributed by atoms with Gasteiger partial charge in [0.1, 0.15) is 34.0 Å². The maximum Gasteiger partial charge on any atom is 0.136 e. The van der Waals surface area contributed by atoms with Crippen LogP contribution in [0, 0.1) is 23.7 Å². The highest BCUT2D eigenvalue weighted by atomic mass is 35.5. The van der Waals surface area contributed by atoms with Crippen LogP contribution in [0.3, 0.4) is 0 Å². The molecule has 8 fully saturated rings. The summed E-state index contributed by atoms with van der Waals surface area (Å²) in [6.45, 7) is 7.34. The lowest BCUT2D eigenvalue weighted by Crippen LogP contribution is -2.41. The molecule has 0 bridgehead atoms. The Hall–Kier alpha value is -9.06. The van der Waals surface area contributed by atoms with Crippen LogP contribution in [-0.4, -0.2) is 167 Å². The predicted octanol–water partition coefficient (Wildman–Crippen LogP) is 28.3. The van der Waals surface area contributed by atoms with Crippen LogP contribution in [0.15, 0.2) is 185 Å². The SMILES string of the molecule is CC(C)(O)C1CCC(F)(CCC2c3c(Cl)cccc3-c3cncn32)CC1.CC(C)(O)C1CCC(F)(CCC2c3c(Cl)cccc3-c3cncn32)CC1.OC(CC1c2ncccc2-c2cncn21)C1(F)CCCCC1.OC(CC1c2ncccc2-c2cncn21)C1(F)CCCCC1.OC1(C2CCC(F)(CCC3c4c(Cl)cccc4-c4cncn43)CC2)CC1.OC1(C2CCC(F)(CCC3c4c(Cl)cccc4-c4cncn43)CC2)CC1. The summed E-state index contributed by atoms with van der Waals surface area (Å²) in [5.41, 5.74) is 9.23. The van der Waals surface area contributed by atoms with E-state index in [1.807, 2.05) is 160 Å². The molecular formula is C118H140Cl4F6N14O6. The summed E-state index contributed by atoms with van der Waals surface area (Å²) in [7, 11) is 0. The van der Waals surface area contributed by atoms with Crippen molar-refractivity contribution in [3.05, 3.63) is 238 Å². The summed E-state index contributed by atoms with van der Waals surface area (Å²) in [4.78, 5) is 34.4. The maximum atomic E-state index is 15.4. The Morgan fingerprint density at radius 3 is 0.804 bits per heavy atom. The molecule has 12 aromatic rings. The summed E-state index contributed by atoms with van der Waals surface area (Å²) >= 11 is 25.9. The van der Waals surface area contributed by atoms with E-state index >= 15 is 26.3 Å². The summed E-state index contributed by atoms with van der Waals surface area (Å²) in [6, 6.07) is 31.5. The minimum Gasteiger partial charge on any atom is -0.390 e. The molecule has 0 radical (unpaired) electrons. The van der Waals surface area contributed by atoms with Crippen molar-refractivity contribution in [2.75, 3.05) is 0 Å². The van der Waals surface area contributed by atoms with Crippen LogP contribution in [0.2, 0.25) is 20.1 Å². The first-order chi connectivity index (χ1) is 70.9. The highest BCUT2D eigenvalue weighted by Crippen LogP contribution is 2.59. The number of pyridine rings is 2. The fraction of sp³-hybridized carbons (Fsp3) is 0.559. The number of imidazole rings is 6. The minimum atomic E-state index is -1.45. The molecule has 6 aliphatic heterocycles. The zero-order chi connectivity index (χ0) is 103. The van der Waals surface area contributed by atoms with E-state index in [0.717, 1.165) is 250 Å². The first-order valence-corrected chi connectivity index (χ1v) is 56.0. The number of halogens is 10. The van der Waals surface area contributed by atoms with Crippen molar-refractivity contribution in [3.8, 4) is 67.5 Å². The number of rotatable bonds is 22. The lowest BCUT2D eigenvalue weighted by molar-refractivity contribution is -0.0425. The third-order valence-corrected chi connectivity index (χ3v) is 38.3. The molecule has 788 valence electrons. The van der Waals surface area contributed by atoms with Crippen molar-refractivity contribution in [1.29, 1.82) is 0 Å². The van der Waals surface area contributed by atoms with Crippen molar-refractivity contribution < 1.29 is 57.0 Å². The summed E-state index contributed by atoms with van der Waals surface area (Å²) in [5, 5.41) is 65.1. The molecule has 14 heterocycles. The van der Waals surface area contributed by atoms with Crippen molar-refractivity contribution in [2.24, 2.45) is 23.7 Å². The fourth-order valence-corrected chi connectivity index (χ4v) is 28.8. The fourth-order valence-electron chi connectivity index (χ4n) is 27.6. The van der Waals surface area contributed by atoms with E-state index in [0.29, 0.717) is 140 Å². The Bertz CT molecular complexity index is 6020. The number of hydrogen-bond acceptors (Lipinski definition) is 14. The summed E-state index contributed by atoms with van der Waals surface area (Å²) < 4.78 is 104. The number of fused-ring (bicyclic) bond motifs is 18. The third kappa shape index (κ3) is 21.0. The Morgan fingerprint density at radius 2 is 0.554 bits per heavy atom. The molecule has 8 aromatic heterocycles. The second kappa shape index (κ2) is 41.7. The molecule has 148 heavy (non-hydrogen) atoms. The summed E-state index contributed by atoms with van der Waals surface area (Å²) in [5.74, 6) is 0.975. The Kier molecular flexibility index (Phi) is 29.5. The molecule has 0 amide bonds. The minimum absolute atomic E-state index is 0.0517. The van der Waals surface area contributed by atoms with E-state index in [1.54, 1.807) is 37.4 Å². The molecule has 14 aliphatic rings. The van der Waals surface area contributed by atoms with Gasteiger partial charge in [0.15, 0.2) is 0 Å². The van der Waals surface area contributed by atoms with E-state index in [4.69, 9.17) is 46.4 Å². The number of aliphatic hydroxyl groups excluding tert-OH is 2. The van der Waals surface area contributed by atoms with E-state index in [2.05, 4.69) is 82.4 Å². The quantitative estimate of drug-likeness (QED) is 0.0345. The number of benzene rings is 4. The van der Waals surface area contributed by atoms with Crippen LogP contribution in [0.5, 0.6) is 0 Å². The van der Waals surface area contributed by atoms with Gasteiger partial charge in [-0.05, 0) is 305 Å². The molecule has 6 N–H and O–H groups in total. The summed E-state index contributed by atoms with van der Waals surface area (Å²) in [6.07, 6.45) is 50.8. The van der Waals surface area contributed by atoms with Gasteiger partial charge in [0.05, 0.1) is 192 Å². The van der Waals surface area contributed by atoms with Gasteiger partial charge < -0.3 is 58.0 Å². The van der Waals surface area contributed by atoms with Crippen molar-refractivity contribution >= 4 is 46.4 Å². The molecule has 4 aromatic carbocycles. The van der Waals surface area contributed by atoms with Gasteiger partial charge >= 0.3 is 0 Å². The number of nitrogens with zero attached hydrogens (tertiary/aromatic N) is 14. The molecule has 20 nitrogen and oxygen atoms in total. The van der Waals surface area contributed by atoms with Crippen LogP contribution in [0.4, 0.5) is 26.3 Å². The standard InChI is InChI=1S/2C21H24ClFN2O.2C21H26ClFN2O.2C17H20FN3O/c2*22-16-3-1-2-15-18-12-24-13-25(18)17(19(15)16)6-9-20(23)7-4-14(5-8-20)21(26)10-11-21;2*1-20(2,26)14-6-9-21(23,10-7-14)11-8-17-19-15(4-3-5-16(19)22)18-12-24-13-25(17)18;2*18-17(6-2-1-3-7-17)15(22)9-13-16-12(5-4-8-20-16)14-10-19-11-21(13)14/h2*1-3,12-14,17,26H,4-11H2;2*3-5,12-14,17,26H,6-11H2,1-2H3;2*4-5,8,10-11,13,15,22H,1-3,6-7,9H2. The smallest absolute Gasteiger partial charge is 0.136 e. The number of hydrogen-bond donors (Lipinski definition) is 6. The van der Waals surface area contributed by atoms with Gasteiger partial charge in [-0.15, -0.1) is 0 Å². The van der Waals surface area contributed by atoms with Gasteiger partial charge in [-0.25, -0.2) is 56.2 Å². The Balaban J connectivity index is 0.000000104. The van der Waals surface area contributed by atoms with Gasteiger partial charge in [-0.2, -0.15) is 0 Å². The molecule has 0 spiro atoms. The first kappa shape index (κ1) is 105. The highest BCUT2D eigenvalue weighted by molar-refractivity contribution is 6.33. The number of alkyl halides is 6. The lowest BCUT2D eigenvalue weighted by atomic mass is 9.72. The van der Waals surface area contributed by atoms with E-state index in [9.17, 15) is 30.6 Å². The van der Waals surface area contributed by atoms with Gasteiger partial charge in [0.25, 0.3) is 0 Å². The molecule has 8 atom stereocenters. The zero-order valence-corrected chi connectivity index (χ0v) is 88.3. The van der Waals surface area contributed by atoms with Crippen LogP contribution in [-0.2, 0) is 0 Å². The van der Waals surface area contributed by atoms with Crippen molar-refractivity contribution in [1.82, 2.24) is 67.3 Å². The third-order valence-electron chi connectivity index (χ3n) is 37.0. The van der Waals surface area contributed by atoms with Gasteiger partial charge in [-0.1, -0.05) is 133 Å². The topological polar surface area (TPSA) is 254 Å². The predicted molar refractivity (Wildman–Crippen MR) is 567 cm³/mol. The molecule has 8 saturated carbocycles. The average Bonchev–Trinajstić information content (AvgIpc) is 1.64. The van der Waals surface area contributed by atoms with Crippen LogP contribution < -0.4 is 0 Å². The number of aliphatic hydroxyl groups is 6. The second-order valence-electron chi connectivity index (χ2n) is 47.0. The van der Waals surface area contributed by atoms with Crippen molar-refractivity contribution in [3.63, 3.8) is 0 Å². The first-order valence-electron chi connectivity index (χ1n) is 54.5. The monoisotopic (exact) mass is 2100 g/mol. The highest BCUT2D eigenvalue weighted by Gasteiger charge is 2.55. The van der Waals surface area contributed by atoms with Crippen LogP contribution >= 0.6 is 46.4 Å². The normalized spacial score (nSPS) is 28.0.